The number of sulfonamides is 1. The lowest BCUT2D eigenvalue weighted by molar-refractivity contribution is 0.0964. The molecule has 1 N–H and O–H groups in total. The maximum Gasteiger partial charge on any atom is 0.255 e. The summed E-state index contributed by atoms with van der Waals surface area (Å²) >= 11 is 0. The highest BCUT2D eigenvalue weighted by Crippen LogP contribution is 2.43. The Hall–Kier alpha value is -5.08. The van der Waals surface area contributed by atoms with Gasteiger partial charge in [0.2, 0.25) is 15.9 Å². The molecule has 6 rings (SSSR count). The molecule has 0 atom stereocenters. The first-order valence-corrected chi connectivity index (χ1v) is 17.9. The number of carbonyl (C=O) groups is 1. The van der Waals surface area contributed by atoms with Gasteiger partial charge in [0.25, 0.3) is 5.91 Å². The van der Waals surface area contributed by atoms with Gasteiger partial charge in [0, 0.05) is 48.5 Å². The summed E-state index contributed by atoms with van der Waals surface area (Å²) in [5.41, 5.74) is 2.29. The Bertz CT molecular complexity index is 2440. The van der Waals surface area contributed by atoms with Crippen molar-refractivity contribution in [1.82, 2.24) is 10.3 Å². The van der Waals surface area contributed by atoms with Crippen LogP contribution in [0.15, 0.2) is 81.6 Å². The first-order chi connectivity index (χ1) is 22.1. The molecule has 2 aromatic heterocycles. The second kappa shape index (κ2) is 11.6. The number of carbonyl (C=O) groups excluding carboxylic acids is 1. The van der Waals surface area contributed by atoms with E-state index in [1.165, 1.54) is 62.6 Å². The van der Waals surface area contributed by atoms with Gasteiger partial charge < -0.3 is 14.2 Å². The van der Waals surface area contributed by atoms with Gasteiger partial charge in [-0.2, -0.15) is 0 Å². The highest BCUT2D eigenvalue weighted by molar-refractivity contribution is 7.92. The van der Waals surface area contributed by atoms with Gasteiger partial charge in [-0.1, -0.05) is 18.2 Å². The van der Waals surface area contributed by atoms with Gasteiger partial charge in [-0.25, -0.2) is 30.6 Å². The lowest BCUT2D eigenvalue weighted by Crippen LogP contribution is -2.25. The number of amides is 1. The molecule has 0 unspecified atom stereocenters. The molecule has 0 aliphatic heterocycles. The molecular weight excluding hydrogens is 653 g/mol. The van der Waals surface area contributed by atoms with Crippen LogP contribution in [-0.4, -0.2) is 54.3 Å². The molecule has 242 valence electrons. The second-order valence-corrected chi connectivity index (χ2v) is 15.2. The maximum absolute atomic E-state index is 14.6. The van der Waals surface area contributed by atoms with E-state index in [0.717, 1.165) is 16.8 Å². The molecule has 14 heteroatoms. The van der Waals surface area contributed by atoms with E-state index in [1.54, 1.807) is 24.3 Å². The number of aromatic nitrogens is 1. The first-order valence-electron chi connectivity index (χ1n) is 14.0. The van der Waals surface area contributed by atoms with Gasteiger partial charge in [0.05, 0.1) is 23.3 Å². The van der Waals surface area contributed by atoms with Crippen molar-refractivity contribution < 1.29 is 39.2 Å². The monoisotopic (exact) mass is 679 g/mol. The predicted molar refractivity (Wildman–Crippen MR) is 175 cm³/mol. The fourth-order valence-electron chi connectivity index (χ4n) is 5.34. The summed E-state index contributed by atoms with van der Waals surface area (Å²) in [6.07, 6.45) is 2.10. The number of anilines is 1. The van der Waals surface area contributed by atoms with E-state index < -0.39 is 37.4 Å². The van der Waals surface area contributed by atoms with Crippen molar-refractivity contribution in [1.29, 1.82) is 0 Å². The van der Waals surface area contributed by atoms with Gasteiger partial charge in [-0.15, -0.1) is 0 Å². The zero-order chi connectivity index (χ0) is 33.8. The molecule has 0 saturated heterocycles. The molecular formula is C33H27F2N3O7S2. The number of halogens is 2. The number of benzene rings is 4. The molecule has 1 amide bonds. The van der Waals surface area contributed by atoms with Crippen LogP contribution in [0.25, 0.3) is 56.0 Å². The Kier molecular flexibility index (Phi) is 7.88. The normalized spacial score (nSPS) is 12.1. The fourth-order valence-corrected chi connectivity index (χ4v) is 6.66. The number of rotatable bonds is 8. The van der Waals surface area contributed by atoms with Crippen LogP contribution in [0.1, 0.15) is 15.9 Å². The van der Waals surface area contributed by atoms with E-state index in [4.69, 9.17) is 8.83 Å². The maximum atomic E-state index is 14.6. The number of oxazole rings is 1. The van der Waals surface area contributed by atoms with E-state index in [-0.39, 0.29) is 50.9 Å². The lowest BCUT2D eigenvalue weighted by atomic mass is 9.95. The minimum Gasteiger partial charge on any atom is -0.455 e. The van der Waals surface area contributed by atoms with Gasteiger partial charge in [-0.3, -0.25) is 9.10 Å². The first kappa shape index (κ1) is 31.9. The van der Waals surface area contributed by atoms with Crippen molar-refractivity contribution in [2.24, 2.45) is 0 Å². The molecule has 0 saturated carbocycles. The largest absolute Gasteiger partial charge is 0.455 e. The van der Waals surface area contributed by atoms with Crippen molar-refractivity contribution in [3.8, 4) is 33.9 Å². The molecule has 0 spiro atoms. The summed E-state index contributed by atoms with van der Waals surface area (Å²) in [4.78, 5) is 17.6. The predicted octanol–water partition coefficient (Wildman–Crippen LogP) is 6.15. The Morgan fingerprint density at radius 3 is 2.21 bits per heavy atom. The Labute approximate surface area is 268 Å². The number of nitrogens with zero attached hydrogens (tertiary/aromatic N) is 2. The molecule has 0 radical (unpaired) electrons. The minimum atomic E-state index is -3.83. The average Bonchev–Trinajstić information content (AvgIpc) is 3.61. The highest BCUT2D eigenvalue weighted by Gasteiger charge is 2.27. The Morgan fingerprint density at radius 2 is 1.57 bits per heavy atom. The number of hydrogen-bond acceptors (Lipinski definition) is 8. The zero-order valence-corrected chi connectivity index (χ0v) is 27.1. The molecule has 6 aromatic rings. The van der Waals surface area contributed by atoms with Crippen LogP contribution in [0.3, 0.4) is 0 Å². The summed E-state index contributed by atoms with van der Waals surface area (Å²) in [5.74, 6) is -1.90. The lowest BCUT2D eigenvalue weighted by Gasteiger charge is -2.21. The third-order valence-corrected chi connectivity index (χ3v) is 9.67. The summed E-state index contributed by atoms with van der Waals surface area (Å²) in [6.45, 7) is 0. The van der Waals surface area contributed by atoms with Crippen molar-refractivity contribution in [2.75, 3.05) is 30.9 Å². The van der Waals surface area contributed by atoms with E-state index >= 15 is 0 Å². The van der Waals surface area contributed by atoms with Gasteiger partial charge in [0.15, 0.2) is 21.2 Å². The highest BCUT2D eigenvalue weighted by atomic mass is 32.2. The quantitative estimate of drug-likeness (QED) is 0.202. The second-order valence-electron chi connectivity index (χ2n) is 11.0. The number of hydrogen-bond donors (Lipinski definition) is 1. The fraction of sp³-hybridized carbons (Fsp3) is 0.152. The van der Waals surface area contributed by atoms with Crippen molar-refractivity contribution >= 4 is 53.5 Å². The van der Waals surface area contributed by atoms with Crippen LogP contribution in [0.4, 0.5) is 14.5 Å². The van der Waals surface area contributed by atoms with Crippen molar-refractivity contribution in [3.63, 3.8) is 0 Å². The number of para-hydroxylation sites is 1. The number of furan rings is 1. The minimum absolute atomic E-state index is 0.0425. The summed E-state index contributed by atoms with van der Waals surface area (Å²) < 4.78 is 91.8. The van der Waals surface area contributed by atoms with Gasteiger partial charge in [-0.05, 0) is 59.7 Å². The zero-order valence-electron chi connectivity index (χ0n) is 25.5. The van der Waals surface area contributed by atoms with Crippen LogP contribution >= 0.6 is 0 Å². The SMILES string of the molecule is CNC(=O)c1c(-c2ccc(F)cc2)oc2cc(N(C)S(C)(=O)=O)c(-c3ccc(CS(C)(=O)=O)c(-c4nc5c(F)cccc5o4)c3)cc12. The molecule has 0 aliphatic carbocycles. The molecule has 47 heavy (non-hydrogen) atoms. The smallest absolute Gasteiger partial charge is 0.255 e. The molecule has 4 aromatic carbocycles. The van der Waals surface area contributed by atoms with Crippen molar-refractivity contribution in [3.05, 3.63) is 95.6 Å². The van der Waals surface area contributed by atoms with E-state index in [2.05, 4.69) is 10.3 Å². The number of fused-ring (bicyclic) bond motifs is 2. The van der Waals surface area contributed by atoms with E-state index in [1.807, 2.05) is 0 Å². The molecule has 0 fully saturated rings. The van der Waals surface area contributed by atoms with Gasteiger partial charge >= 0.3 is 0 Å². The van der Waals surface area contributed by atoms with E-state index in [9.17, 15) is 30.4 Å². The molecule has 2 heterocycles. The number of sulfone groups is 1. The third-order valence-electron chi connectivity index (χ3n) is 7.64. The molecule has 0 bridgehead atoms. The topological polar surface area (TPSA) is 140 Å². The third kappa shape index (κ3) is 6.09. The average molecular weight is 680 g/mol. The Balaban J connectivity index is 1.66. The van der Waals surface area contributed by atoms with Crippen LogP contribution in [0.2, 0.25) is 0 Å². The summed E-state index contributed by atoms with van der Waals surface area (Å²) in [5, 5.41) is 2.92. The molecule has 0 aliphatic rings. The van der Waals surface area contributed by atoms with Crippen LogP contribution < -0.4 is 9.62 Å². The van der Waals surface area contributed by atoms with Crippen LogP contribution in [0.5, 0.6) is 0 Å². The number of nitrogens with one attached hydrogen (secondary N) is 1. The standard InChI is InChI=1S/C33H27F2N3O7S2/c1-36-32(39)29-24-15-22(26(38(2)47(4,42)43)16-28(24)44-31(29)18-10-12-21(34)13-11-18)19-8-9-20(17-46(3,40)41)23(14-19)33-37-30-25(35)6-5-7-27(30)45-33/h5-16H,17H2,1-4H3,(H,36,39). The summed E-state index contributed by atoms with van der Waals surface area (Å²) in [7, 11) is -4.59. The van der Waals surface area contributed by atoms with Crippen LogP contribution in [0, 0.1) is 11.6 Å². The molecule has 10 nitrogen and oxygen atoms in total. The van der Waals surface area contributed by atoms with E-state index in [0.29, 0.717) is 27.6 Å². The Morgan fingerprint density at radius 1 is 0.872 bits per heavy atom. The van der Waals surface area contributed by atoms with Crippen molar-refractivity contribution in [2.45, 2.75) is 5.75 Å². The van der Waals surface area contributed by atoms with Crippen LogP contribution in [-0.2, 0) is 25.6 Å². The summed E-state index contributed by atoms with van der Waals surface area (Å²) in [6, 6.07) is 17.4. The van der Waals surface area contributed by atoms with Gasteiger partial charge in [0.1, 0.15) is 22.7 Å².